The standard InChI is InChI=1S/C16H27F3N4O/c1-5-22(6-2)9-7-8-20-15(24)12(3)11-23-13(4)10-14(21-23)16(17,18)19/h10,12H,5-9,11H2,1-4H3,(H,20,24). The first-order chi connectivity index (χ1) is 11.2. The maximum Gasteiger partial charge on any atom is 0.435 e. The monoisotopic (exact) mass is 348 g/mol. The molecule has 0 bridgehead atoms. The minimum absolute atomic E-state index is 0.129. The van der Waals surface area contributed by atoms with Crippen LogP contribution in [0.4, 0.5) is 13.2 Å². The Morgan fingerprint density at radius 2 is 2.00 bits per heavy atom. The minimum atomic E-state index is -4.47. The summed E-state index contributed by atoms with van der Waals surface area (Å²) in [5.41, 5.74) is -0.532. The number of rotatable bonds is 9. The van der Waals surface area contributed by atoms with Crippen molar-refractivity contribution in [1.82, 2.24) is 20.0 Å². The number of nitrogens with one attached hydrogen (secondary N) is 1. The van der Waals surface area contributed by atoms with E-state index in [1.807, 2.05) is 0 Å². The van der Waals surface area contributed by atoms with Crippen molar-refractivity contribution < 1.29 is 18.0 Å². The number of hydrogen-bond acceptors (Lipinski definition) is 3. The molecule has 1 aromatic heterocycles. The van der Waals surface area contributed by atoms with E-state index in [1.165, 1.54) is 4.68 Å². The summed E-state index contributed by atoms with van der Waals surface area (Å²) in [6.45, 7) is 11.0. The van der Waals surface area contributed by atoms with Gasteiger partial charge in [-0.2, -0.15) is 18.3 Å². The van der Waals surface area contributed by atoms with E-state index in [9.17, 15) is 18.0 Å². The zero-order chi connectivity index (χ0) is 18.3. The molecule has 0 aromatic carbocycles. The van der Waals surface area contributed by atoms with Crippen molar-refractivity contribution in [2.75, 3.05) is 26.2 Å². The molecule has 0 saturated heterocycles. The normalized spacial score (nSPS) is 13.3. The summed E-state index contributed by atoms with van der Waals surface area (Å²) in [5, 5.41) is 6.38. The van der Waals surface area contributed by atoms with Gasteiger partial charge < -0.3 is 10.2 Å². The molecule has 1 amide bonds. The lowest BCUT2D eigenvalue weighted by atomic mass is 10.1. The Balaban J connectivity index is 2.46. The Morgan fingerprint density at radius 3 is 2.50 bits per heavy atom. The highest BCUT2D eigenvalue weighted by Crippen LogP contribution is 2.28. The largest absolute Gasteiger partial charge is 0.435 e. The summed E-state index contributed by atoms with van der Waals surface area (Å²) in [4.78, 5) is 14.3. The molecule has 0 saturated carbocycles. The predicted octanol–water partition coefficient (Wildman–Crippen LogP) is 2.69. The number of aryl methyl sites for hydroxylation is 1. The summed E-state index contributed by atoms with van der Waals surface area (Å²) in [6, 6.07) is 0.995. The molecular formula is C16H27F3N4O. The third-order valence-corrected chi connectivity index (χ3v) is 4.01. The number of nitrogens with zero attached hydrogens (tertiary/aromatic N) is 3. The van der Waals surface area contributed by atoms with Gasteiger partial charge in [-0.1, -0.05) is 20.8 Å². The first-order valence-electron chi connectivity index (χ1n) is 8.30. The molecule has 1 heterocycles. The fourth-order valence-electron chi connectivity index (χ4n) is 2.40. The number of alkyl halides is 3. The zero-order valence-electron chi connectivity index (χ0n) is 14.8. The van der Waals surface area contributed by atoms with E-state index in [-0.39, 0.29) is 12.5 Å². The molecule has 0 aliphatic rings. The van der Waals surface area contributed by atoms with Gasteiger partial charge in [-0.25, -0.2) is 0 Å². The van der Waals surface area contributed by atoms with Gasteiger partial charge in [-0.3, -0.25) is 9.48 Å². The van der Waals surface area contributed by atoms with Gasteiger partial charge in [-0.15, -0.1) is 0 Å². The Bertz CT molecular complexity index is 524. The van der Waals surface area contributed by atoms with Crippen LogP contribution >= 0.6 is 0 Å². The quantitative estimate of drug-likeness (QED) is 0.698. The van der Waals surface area contributed by atoms with E-state index >= 15 is 0 Å². The van der Waals surface area contributed by atoms with Crippen molar-refractivity contribution in [3.05, 3.63) is 17.5 Å². The summed E-state index contributed by atoms with van der Waals surface area (Å²) in [6.07, 6.45) is -3.62. The molecule has 0 aliphatic heterocycles. The van der Waals surface area contributed by atoms with Gasteiger partial charge in [0.1, 0.15) is 0 Å². The van der Waals surface area contributed by atoms with E-state index in [0.717, 1.165) is 32.1 Å². The van der Waals surface area contributed by atoms with Gasteiger partial charge in [0, 0.05) is 12.2 Å². The first kappa shape index (κ1) is 20.5. The lowest BCUT2D eigenvalue weighted by Crippen LogP contribution is -2.34. The highest BCUT2D eigenvalue weighted by atomic mass is 19.4. The van der Waals surface area contributed by atoms with Gasteiger partial charge in [-0.05, 0) is 39.0 Å². The van der Waals surface area contributed by atoms with Crippen LogP contribution in [0.25, 0.3) is 0 Å². The first-order valence-corrected chi connectivity index (χ1v) is 8.30. The molecular weight excluding hydrogens is 321 g/mol. The molecule has 8 heteroatoms. The Kier molecular flexibility index (Phi) is 7.72. The van der Waals surface area contributed by atoms with Crippen LogP contribution in [0.5, 0.6) is 0 Å². The van der Waals surface area contributed by atoms with E-state index in [2.05, 4.69) is 29.2 Å². The highest BCUT2D eigenvalue weighted by molar-refractivity contribution is 5.78. The van der Waals surface area contributed by atoms with Crippen LogP contribution in [-0.2, 0) is 17.5 Å². The van der Waals surface area contributed by atoms with Crippen molar-refractivity contribution in [2.45, 2.75) is 46.8 Å². The molecule has 1 aromatic rings. The number of aromatic nitrogens is 2. The number of carbonyl (C=O) groups excluding carboxylic acids is 1. The van der Waals surface area contributed by atoms with Gasteiger partial charge >= 0.3 is 6.18 Å². The SMILES string of the molecule is CCN(CC)CCCNC(=O)C(C)Cn1nc(C(F)(F)F)cc1C. The van der Waals surface area contributed by atoms with Crippen molar-refractivity contribution >= 4 is 5.91 Å². The molecule has 5 nitrogen and oxygen atoms in total. The van der Waals surface area contributed by atoms with Gasteiger partial charge in [0.05, 0.1) is 12.5 Å². The third-order valence-electron chi connectivity index (χ3n) is 4.01. The highest BCUT2D eigenvalue weighted by Gasteiger charge is 2.34. The van der Waals surface area contributed by atoms with Crippen LogP contribution in [0.15, 0.2) is 6.07 Å². The summed E-state index contributed by atoms with van der Waals surface area (Å²) < 4.78 is 39.2. The number of amides is 1. The maximum atomic E-state index is 12.6. The van der Waals surface area contributed by atoms with Gasteiger partial charge in [0.25, 0.3) is 0 Å². The second-order valence-electron chi connectivity index (χ2n) is 5.92. The smallest absolute Gasteiger partial charge is 0.356 e. The Morgan fingerprint density at radius 1 is 1.38 bits per heavy atom. The Hall–Kier alpha value is -1.57. The van der Waals surface area contributed by atoms with E-state index in [4.69, 9.17) is 0 Å². The lowest BCUT2D eigenvalue weighted by molar-refractivity contribution is -0.141. The fraction of sp³-hybridized carbons (Fsp3) is 0.750. The second-order valence-corrected chi connectivity index (χ2v) is 5.92. The molecule has 0 spiro atoms. The molecule has 1 rings (SSSR count). The van der Waals surface area contributed by atoms with Crippen molar-refractivity contribution in [2.24, 2.45) is 5.92 Å². The van der Waals surface area contributed by atoms with Crippen LogP contribution in [-0.4, -0.2) is 46.8 Å². The maximum absolute atomic E-state index is 12.6. The van der Waals surface area contributed by atoms with Crippen molar-refractivity contribution in [3.8, 4) is 0 Å². The molecule has 138 valence electrons. The molecule has 1 N–H and O–H groups in total. The summed E-state index contributed by atoms with van der Waals surface area (Å²) >= 11 is 0. The molecule has 0 aliphatic carbocycles. The molecule has 0 radical (unpaired) electrons. The van der Waals surface area contributed by atoms with Gasteiger partial charge in [0.2, 0.25) is 5.91 Å². The molecule has 24 heavy (non-hydrogen) atoms. The van der Waals surface area contributed by atoms with Crippen molar-refractivity contribution in [1.29, 1.82) is 0 Å². The van der Waals surface area contributed by atoms with Crippen LogP contribution in [0.3, 0.4) is 0 Å². The van der Waals surface area contributed by atoms with Gasteiger partial charge in [0.15, 0.2) is 5.69 Å². The topological polar surface area (TPSA) is 50.2 Å². The average Bonchev–Trinajstić information content (AvgIpc) is 2.88. The fourth-order valence-corrected chi connectivity index (χ4v) is 2.40. The van der Waals surface area contributed by atoms with Crippen molar-refractivity contribution in [3.63, 3.8) is 0 Å². The minimum Gasteiger partial charge on any atom is -0.356 e. The van der Waals surface area contributed by atoms with E-state index in [1.54, 1.807) is 13.8 Å². The van der Waals surface area contributed by atoms with Crippen LogP contribution in [0.2, 0.25) is 0 Å². The third kappa shape index (κ3) is 6.14. The average molecular weight is 348 g/mol. The van der Waals surface area contributed by atoms with Crippen LogP contribution in [0.1, 0.15) is 38.6 Å². The summed E-state index contributed by atoms with van der Waals surface area (Å²) in [5.74, 6) is -0.615. The predicted molar refractivity (Wildman–Crippen MR) is 86.5 cm³/mol. The number of hydrogen-bond donors (Lipinski definition) is 1. The van der Waals surface area contributed by atoms with Crippen LogP contribution < -0.4 is 5.32 Å². The van der Waals surface area contributed by atoms with E-state index in [0.29, 0.717) is 12.2 Å². The van der Waals surface area contributed by atoms with Crippen LogP contribution in [0, 0.1) is 12.8 Å². The Labute approximate surface area is 141 Å². The number of carbonyl (C=O) groups is 1. The zero-order valence-corrected chi connectivity index (χ0v) is 14.8. The number of halogens is 3. The van der Waals surface area contributed by atoms with E-state index < -0.39 is 17.8 Å². The molecule has 0 fully saturated rings. The second kappa shape index (κ2) is 9.05. The molecule has 1 unspecified atom stereocenters. The molecule has 1 atom stereocenters. The summed E-state index contributed by atoms with van der Waals surface area (Å²) in [7, 11) is 0. The lowest BCUT2D eigenvalue weighted by Gasteiger charge is -2.18.